The first-order chi connectivity index (χ1) is 17.9. The fraction of sp³-hybridized carbons (Fsp3) is 0.250. The SMILES string of the molecule is COC(C(=O)N(C)OC)c1ccc(-n2cncn2)cc1.COC(C(=O)O)c1ccc(-n2cncn2)cc1. The number of carbonyl (C=O) groups excluding carboxylic acids is 1. The van der Waals surface area contributed by atoms with Crippen molar-refractivity contribution in [3.05, 3.63) is 85.0 Å². The van der Waals surface area contributed by atoms with E-state index in [1.165, 1.54) is 41.0 Å². The zero-order valence-corrected chi connectivity index (χ0v) is 20.7. The van der Waals surface area contributed by atoms with E-state index in [1.54, 1.807) is 46.3 Å². The van der Waals surface area contributed by atoms with Crippen LogP contribution in [0.15, 0.2) is 73.8 Å². The van der Waals surface area contributed by atoms with E-state index in [4.69, 9.17) is 19.4 Å². The lowest BCUT2D eigenvalue weighted by Crippen LogP contribution is -2.31. The topological polar surface area (TPSA) is 147 Å². The van der Waals surface area contributed by atoms with Gasteiger partial charge in [-0.1, -0.05) is 24.3 Å². The van der Waals surface area contributed by atoms with Crippen molar-refractivity contribution in [3.63, 3.8) is 0 Å². The molecule has 0 aliphatic carbocycles. The summed E-state index contributed by atoms with van der Waals surface area (Å²) in [5.41, 5.74) is 2.99. The fourth-order valence-corrected chi connectivity index (χ4v) is 3.30. The van der Waals surface area contributed by atoms with Crippen molar-refractivity contribution in [1.82, 2.24) is 34.6 Å². The van der Waals surface area contributed by atoms with Gasteiger partial charge in [0.05, 0.1) is 18.5 Å². The minimum atomic E-state index is -1.01. The zero-order chi connectivity index (χ0) is 26.8. The van der Waals surface area contributed by atoms with Gasteiger partial charge in [-0.3, -0.25) is 9.63 Å². The highest BCUT2D eigenvalue weighted by Gasteiger charge is 2.24. The number of carboxylic acids is 1. The molecule has 4 rings (SSSR count). The molecule has 0 aliphatic rings. The molecule has 0 saturated carbocycles. The maximum absolute atomic E-state index is 12.1. The first-order valence-corrected chi connectivity index (χ1v) is 10.9. The first kappa shape index (κ1) is 27.1. The average Bonchev–Trinajstić information content (AvgIpc) is 3.65. The quantitative estimate of drug-likeness (QED) is 0.332. The van der Waals surface area contributed by atoms with Crippen LogP contribution in [-0.2, 0) is 23.9 Å². The van der Waals surface area contributed by atoms with Crippen LogP contribution < -0.4 is 0 Å². The van der Waals surface area contributed by atoms with Gasteiger partial charge in [-0.15, -0.1) is 0 Å². The number of carbonyl (C=O) groups is 2. The Bertz CT molecular complexity index is 1250. The van der Waals surface area contributed by atoms with Gasteiger partial charge in [-0.25, -0.2) is 29.2 Å². The third-order valence-electron chi connectivity index (χ3n) is 5.26. The third kappa shape index (κ3) is 6.82. The van der Waals surface area contributed by atoms with Crippen LogP contribution in [0.3, 0.4) is 0 Å². The van der Waals surface area contributed by atoms with Crippen LogP contribution in [-0.4, -0.2) is 80.0 Å². The van der Waals surface area contributed by atoms with Gasteiger partial charge in [0.2, 0.25) is 0 Å². The number of aliphatic carboxylic acids is 1. The zero-order valence-electron chi connectivity index (χ0n) is 20.7. The van der Waals surface area contributed by atoms with Gasteiger partial charge in [0.25, 0.3) is 5.91 Å². The van der Waals surface area contributed by atoms with E-state index >= 15 is 0 Å². The summed E-state index contributed by atoms with van der Waals surface area (Å²) in [6.45, 7) is 0. The summed E-state index contributed by atoms with van der Waals surface area (Å²) < 4.78 is 13.4. The van der Waals surface area contributed by atoms with E-state index in [9.17, 15) is 9.59 Å². The van der Waals surface area contributed by atoms with E-state index in [0.29, 0.717) is 5.56 Å². The number of ether oxygens (including phenoxy) is 2. The maximum atomic E-state index is 12.1. The Labute approximate surface area is 212 Å². The van der Waals surface area contributed by atoms with Crippen molar-refractivity contribution in [2.24, 2.45) is 0 Å². The van der Waals surface area contributed by atoms with Crippen LogP contribution in [0.25, 0.3) is 11.4 Å². The van der Waals surface area contributed by atoms with Gasteiger partial charge >= 0.3 is 5.97 Å². The smallest absolute Gasteiger partial charge is 0.337 e. The number of hydroxylamine groups is 2. The molecule has 1 N–H and O–H groups in total. The molecule has 2 heterocycles. The molecular formula is C24H27N7O6. The molecule has 37 heavy (non-hydrogen) atoms. The van der Waals surface area contributed by atoms with Crippen molar-refractivity contribution in [2.75, 3.05) is 28.4 Å². The number of nitrogens with zero attached hydrogens (tertiary/aromatic N) is 7. The van der Waals surface area contributed by atoms with Gasteiger partial charge in [0.15, 0.2) is 12.2 Å². The second-order valence-electron chi connectivity index (χ2n) is 7.45. The lowest BCUT2D eigenvalue weighted by Gasteiger charge is -2.21. The summed E-state index contributed by atoms with van der Waals surface area (Å²) >= 11 is 0. The van der Waals surface area contributed by atoms with Crippen LogP contribution in [0.4, 0.5) is 0 Å². The van der Waals surface area contributed by atoms with Crippen molar-refractivity contribution < 1.29 is 29.0 Å². The van der Waals surface area contributed by atoms with E-state index in [0.717, 1.165) is 22.0 Å². The number of likely N-dealkylation sites (N-methyl/N-ethyl adjacent to an activating group) is 1. The molecule has 0 bridgehead atoms. The van der Waals surface area contributed by atoms with Gasteiger partial charge in [-0.05, 0) is 35.4 Å². The Kier molecular flexibility index (Phi) is 9.55. The Morgan fingerprint density at radius 3 is 1.54 bits per heavy atom. The largest absolute Gasteiger partial charge is 0.479 e. The number of rotatable bonds is 9. The van der Waals surface area contributed by atoms with Crippen molar-refractivity contribution in [3.8, 4) is 11.4 Å². The van der Waals surface area contributed by atoms with Gasteiger partial charge in [0.1, 0.15) is 25.3 Å². The molecule has 2 unspecified atom stereocenters. The molecule has 13 heteroatoms. The molecule has 194 valence electrons. The Balaban J connectivity index is 0.000000208. The second-order valence-corrected chi connectivity index (χ2v) is 7.45. The Morgan fingerprint density at radius 2 is 1.22 bits per heavy atom. The molecule has 2 aromatic heterocycles. The highest BCUT2D eigenvalue weighted by atomic mass is 16.7. The lowest BCUT2D eigenvalue weighted by atomic mass is 10.1. The second kappa shape index (κ2) is 13.0. The molecule has 0 saturated heterocycles. The molecule has 0 aliphatic heterocycles. The van der Waals surface area contributed by atoms with E-state index in [1.807, 2.05) is 24.3 Å². The Hall–Kier alpha value is -4.46. The van der Waals surface area contributed by atoms with Crippen molar-refractivity contribution in [1.29, 1.82) is 0 Å². The van der Waals surface area contributed by atoms with E-state index < -0.39 is 18.2 Å². The summed E-state index contributed by atoms with van der Waals surface area (Å²) in [6, 6.07) is 14.2. The number of benzene rings is 2. The van der Waals surface area contributed by atoms with Crippen molar-refractivity contribution >= 4 is 11.9 Å². The molecule has 2 aromatic carbocycles. The van der Waals surface area contributed by atoms with Crippen LogP contribution >= 0.6 is 0 Å². The molecule has 0 radical (unpaired) electrons. The summed E-state index contributed by atoms with van der Waals surface area (Å²) in [7, 11) is 5.82. The molecule has 13 nitrogen and oxygen atoms in total. The highest BCUT2D eigenvalue weighted by molar-refractivity contribution is 5.81. The monoisotopic (exact) mass is 509 g/mol. The van der Waals surface area contributed by atoms with Gasteiger partial charge in [-0.2, -0.15) is 10.2 Å². The number of methoxy groups -OCH3 is 2. The lowest BCUT2D eigenvalue weighted by molar-refractivity contribution is -0.179. The van der Waals surface area contributed by atoms with Crippen molar-refractivity contribution in [2.45, 2.75) is 12.2 Å². The average molecular weight is 510 g/mol. The first-order valence-electron chi connectivity index (χ1n) is 10.9. The number of hydrogen-bond acceptors (Lipinski definition) is 9. The van der Waals surface area contributed by atoms with E-state index in [-0.39, 0.29) is 5.91 Å². The summed E-state index contributed by atoms with van der Waals surface area (Å²) in [4.78, 5) is 35.6. The molecule has 0 spiro atoms. The molecule has 1 amide bonds. The van der Waals surface area contributed by atoms with Crippen LogP contribution in [0.1, 0.15) is 23.3 Å². The standard InChI is InChI=1S/C13H16N4O3.C11H11N3O3/c1-16(20-3)13(18)12(19-2)10-4-6-11(7-5-10)17-9-14-8-15-17;1-17-10(11(15)16)8-2-4-9(5-3-8)14-7-12-6-13-14/h4-9,12H,1-3H3;2-7,10H,1H3,(H,15,16). The molecule has 2 atom stereocenters. The molecule has 4 aromatic rings. The van der Waals surface area contributed by atoms with Crippen LogP contribution in [0.2, 0.25) is 0 Å². The Morgan fingerprint density at radius 1 is 0.784 bits per heavy atom. The van der Waals surface area contributed by atoms with Gasteiger partial charge < -0.3 is 14.6 Å². The highest BCUT2D eigenvalue weighted by Crippen LogP contribution is 2.21. The fourth-order valence-electron chi connectivity index (χ4n) is 3.30. The van der Waals surface area contributed by atoms with Gasteiger partial charge in [0, 0.05) is 21.3 Å². The number of hydrogen-bond donors (Lipinski definition) is 1. The molecule has 0 fully saturated rings. The minimum Gasteiger partial charge on any atom is -0.479 e. The number of aromatic nitrogens is 6. The molecular weight excluding hydrogens is 482 g/mol. The van der Waals surface area contributed by atoms with Crippen LogP contribution in [0, 0.1) is 0 Å². The minimum absolute atomic E-state index is 0.275. The van der Waals surface area contributed by atoms with Crippen LogP contribution in [0.5, 0.6) is 0 Å². The summed E-state index contributed by atoms with van der Waals surface area (Å²) in [5, 5.41) is 18.1. The van der Waals surface area contributed by atoms with E-state index in [2.05, 4.69) is 20.2 Å². The summed E-state index contributed by atoms with van der Waals surface area (Å²) in [5.74, 6) is -1.29. The normalized spacial score (nSPS) is 12.2. The predicted molar refractivity (Wildman–Crippen MR) is 130 cm³/mol. The third-order valence-corrected chi connectivity index (χ3v) is 5.26. The maximum Gasteiger partial charge on any atom is 0.337 e. The number of amides is 1. The summed E-state index contributed by atoms with van der Waals surface area (Å²) in [6.07, 6.45) is 4.42. The number of carboxylic acid groups (broad SMARTS) is 1. The predicted octanol–water partition coefficient (Wildman–Crippen LogP) is 2.01.